The average Bonchev–Trinajstić information content (AvgIpc) is 1.64. The van der Waals surface area contributed by atoms with Crippen LogP contribution in [0.25, 0.3) is 0 Å². The Kier molecular flexibility index (Phi) is 5.07. The van der Waals surface area contributed by atoms with Crippen molar-refractivity contribution in [3.8, 4) is 0 Å². The minimum Gasteiger partial charge on any atom is -0.780 e. The van der Waals surface area contributed by atoms with Gasteiger partial charge >= 0.3 is 29.6 Å². The van der Waals surface area contributed by atoms with Gasteiger partial charge in [0.25, 0.3) is 0 Å². The Balaban J connectivity index is 0.000000640. The standard InChI is InChI=1S/C5H4BrNS.Na/c6-5-3-4(8)1-2-7-5;/h1-3H,(H,7,8);/q;+1/p-1. The van der Waals surface area contributed by atoms with Crippen LogP contribution in [-0.2, 0) is 12.6 Å². The number of aromatic nitrogens is 1. The molecule has 0 saturated carbocycles. The Labute approximate surface area is 90.1 Å². The first kappa shape index (κ1) is 9.85. The molecule has 0 unspecified atom stereocenters. The quantitative estimate of drug-likeness (QED) is 0.303. The van der Waals surface area contributed by atoms with E-state index in [9.17, 15) is 0 Å². The van der Waals surface area contributed by atoms with Crippen LogP contribution in [0.3, 0.4) is 0 Å². The Morgan fingerprint density at radius 1 is 1.56 bits per heavy atom. The molecule has 1 aromatic rings. The summed E-state index contributed by atoms with van der Waals surface area (Å²) >= 11 is 8.01. The first-order valence-electron chi connectivity index (χ1n) is 2.07. The SMILES string of the molecule is [Na+].[S-]c1ccnc(Br)c1. The number of pyridine rings is 1. The minimum atomic E-state index is 0. The topological polar surface area (TPSA) is 12.9 Å². The summed E-state index contributed by atoms with van der Waals surface area (Å²) in [6.07, 6.45) is 1.67. The molecule has 0 aromatic carbocycles. The predicted octanol–water partition coefficient (Wildman–Crippen LogP) is -1.25. The van der Waals surface area contributed by atoms with Crippen molar-refractivity contribution in [1.82, 2.24) is 4.98 Å². The maximum Gasteiger partial charge on any atom is 1.00 e. The molecule has 1 aromatic heterocycles. The average molecular weight is 212 g/mol. The maximum atomic E-state index is 4.83. The Morgan fingerprint density at radius 2 is 2.22 bits per heavy atom. The molecule has 42 valence electrons. The Bertz CT molecular complexity index is 177. The molecular formula is C5H3BrNNaS. The van der Waals surface area contributed by atoms with Crippen LogP contribution in [0.15, 0.2) is 27.8 Å². The van der Waals surface area contributed by atoms with E-state index in [2.05, 4.69) is 20.9 Å². The smallest absolute Gasteiger partial charge is 0.780 e. The van der Waals surface area contributed by atoms with Crippen LogP contribution in [0, 0.1) is 0 Å². The summed E-state index contributed by atoms with van der Waals surface area (Å²) in [4.78, 5) is 4.70. The van der Waals surface area contributed by atoms with Crippen molar-refractivity contribution in [3.63, 3.8) is 0 Å². The Hall–Kier alpha value is 0.850. The summed E-state index contributed by atoms with van der Waals surface area (Å²) in [5.41, 5.74) is 0. The minimum absolute atomic E-state index is 0. The molecular weight excluding hydrogens is 209 g/mol. The molecule has 0 fully saturated rings. The summed E-state index contributed by atoms with van der Waals surface area (Å²) in [5, 5.41) is 0. The van der Waals surface area contributed by atoms with Crippen molar-refractivity contribution >= 4 is 28.6 Å². The first-order valence-corrected chi connectivity index (χ1v) is 3.28. The fourth-order valence-electron chi connectivity index (χ4n) is 0.385. The summed E-state index contributed by atoms with van der Waals surface area (Å²) in [6, 6.07) is 3.56. The predicted molar refractivity (Wildman–Crippen MR) is 37.6 cm³/mol. The van der Waals surface area contributed by atoms with Crippen LogP contribution in [0.5, 0.6) is 0 Å². The van der Waals surface area contributed by atoms with Gasteiger partial charge in [0.05, 0.1) is 0 Å². The Morgan fingerprint density at radius 3 is 2.56 bits per heavy atom. The van der Waals surface area contributed by atoms with Gasteiger partial charge in [-0.1, -0.05) is 6.07 Å². The van der Waals surface area contributed by atoms with Crippen molar-refractivity contribution in [2.24, 2.45) is 0 Å². The zero-order valence-corrected chi connectivity index (χ0v) is 9.37. The number of rotatable bonds is 0. The van der Waals surface area contributed by atoms with Gasteiger partial charge in [-0.15, -0.1) is 0 Å². The van der Waals surface area contributed by atoms with E-state index in [4.69, 9.17) is 12.6 Å². The van der Waals surface area contributed by atoms with Gasteiger partial charge in [-0.2, -0.15) is 4.90 Å². The third-order valence-corrected chi connectivity index (χ3v) is 1.39. The van der Waals surface area contributed by atoms with E-state index < -0.39 is 0 Å². The summed E-state index contributed by atoms with van der Waals surface area (Å²) in [6.45, 7) is 0. The molecule has 4 heteroatoms. The van der Waals surface area contributed by atoms with E-state index in [-0.39, 0.29) is 29.6 Å². The molecule has 0 aliphatic heterocycles. The van der Waals surface area contributed by atoms with Crippen molar-refractivity contribution in [2.45, 2.75) is 4.90 Å². The fourth-order valence-corrected chi connectivity index (χ4v) is 1.07. The summed E-state index contributed by atoms with van der Waals surface area (Å²) < 4.78 is 0.796. The van der Waals surface area contributed by atoms with Gasteiger partial charge in [-0.25, -0.2) is 4.98 Å². The molecule has 1 rings (SSSR count). The normalized spacial score (nSPS) is 8.11. The molecule has 0 spiro atoms. The zero-order valence-electron chi connectivity index (χ0n) is 4.97. The van der Waals surface area contributed by atoms with Gasteiger partial charge in [0.15, 0.2) is 0 Å². The molecule has 0 amide bonds. The molecule has 0 atom stereocenters. The monoisotopic (exact) mass is 211 g/mol. The van der Waals surface area contributed by atoms with Crippen LogP contribution in [0.4, 0.5) is 0 Å². The van der Waals surface area contributed by atoms with Gasteiger partial charge < -0.3 is 12.6 Å². The number of hydrogen-bond acceptors (Lipinski definition) is 2. The van der Waals surface area contributed by atoms with Gasteiger partial charge in [0.1, 0.15) is 4.60 Å². The van der Waals surface area contributed by atoms with Crippen LogP contribution in [0.1, 0.15) is 0 Å². The third-order valence-electron chi connectivity index (χ3n) is 0.698. The molecule has 0 saturated heterocycles. The maximum absolute atomic E-state index is 4.83. The molecule has 0 aliphatic carbocycles. The molecule has 9 heavy (non-hydrogen) atoms. The van der Waals surface area contributed by atoms with E-state index in [0.29, 0.717) is 0 Å². The van der Waals surface area contributed by atoms with Gasteiger partial charge in [-0.3, -0.25) is 0 Å². The fraction of sp³-hybridized carbons (Fsp3) is 0. The molecule has 0 aliphatic rings. The second kappa shape index (κ2) is 4.63. The van der Waals surface area contributed by atoms with Crippen LogP contribution in [0.2, 0.25) is 0 Å². The van der Waals surface area contributed by atoms with Crippen LogP contribution < -0.4 is 29.6 Å². The second-order valence-electron chi connectivity index (χ2n) is 1.31. The van der Waals surface area contributed by atoms with E-state index in [0.717, 1.165) is 9.50 Å². The van der Waals surface area contributed by atoms with E-state index in [1.54, 1.807) is 18.3 Å². The van der Waals surface area contributed by atoms with Gasteiger partial charge in [0, 0.05) is 6.20 Å². The summed E-state index contributed by atoms with van der Waals surface area (Å²) in [5.74, 6) is 0. The number of halogens is 1. The molecule has 0 bridgehead atoms. The van der Waals surface area contributed by atoms with E-state index in [1.807, 2.05) is 0 Å². The van der Waals surface area contributed by atoms with Crippen molar-refractivity contribution in [1.29, 1.82) is 0 Å². The molecule has 1 heterocycles. The van der Waals surface area contributed by atoms with Crippen LogP contribution >= 0.6 is 15.9 Å². The van der Waals surface area contributed by atoms with Gasteiger partial charge in [0.2, 0.25) is 0 Å². The van der Waals surface area contributed by atoms with Crippen molar-refractivity contribution < 1.29 is 29.6 Å². The number of nitrogens with zero attached hydrogens (tertiary/aromatic N) is 1. The van der Waals surface area contributed by atoms with Crippen molar-refractivity contribution in [2.75, 3.05) is 0 Å². The number of hydrogen-bond donors (Lipinski definition) is 0. The second-order valence-corrected chi connectivity index (χ2v) is 2.60. The third kappa shape index (κ3) is 3.53. The van der Waals surface area contributed by atoms with Crippen molar-refractivity contribution in [3.05, 3.63) is 22.9 Å². The molecule has 1 nitrogen and oxygen atoms in total. The van der Waals surface area contributed by atoms with E-state index in [1.165, 1.54) is 0 Å². The van der Waals surface area contributed by atoms with Gasteiger partial charge in [-0.05, 0) is 22.0 Å². The van der Waals surface area contributed by atoms with E-state index >= 15 is 0 Å². The first-order chi connectivity index (χ1) is 3.79. The zero-order chi connectivity index (χ0) is 5.98. The molecule has 0 N–H and O–H groups in total. The largest absolute Gasteiger partial charge is 1.00 e. The summed E-state index contributed by atoms with van der Waals surface area (Å²) in [7, 11) is 0. The molecule has 0 radical (unpaired) electrons. The van der Waals surface area contributed by atoms with Crippen LogP contribution in [-0.4, -0.2) is 4.98 Å².